The van der Waals surface area contributed by atoms with E-state index in [9.17, 15) is 13.5 Å². The number of aromatic hydroxyl groups is 1. The molecule has 0 aliphatic heterocycles. The molecule has 3 rings (SSSR count). The van der Waals surface area contributed by atoms with Crippen LogP contribution < -0.4 is 4.72 Å². The highest BCUT2D eigenvalue weighted by Crippen LogP contribution is 2.36. The second-order valence-corrected chi connectivity index (χ2v) is 8.58. The van der Waals surface area contributed by atoms with E-state index in [1.54, 1.807) is 6.07 Å². The number of benzene rings is 2. The number of fused-ring (bicyclic) bond motifs is 1. The van der Waals surface area contributed by atoms with Gasteiger partial charge < -0.3 is 9.67 Å². The van der Waals surface area contributed by atoms with Crippen LogP contribution in [0.1, 0.15) is 31.9 Å². The zero-order valence-electron chi connectivity index (χ0n) is 15.4. The van der Waals surface area contributed by atoms with Crippen molar-refractivity contribution >= 4 is 26.5 Å². The van der Waals surface area contributed by atoms with Crippen LogP contribution in [0.25, 0.3) is 21.9 Å². The van der Waals surface area contributed by atoms with Gasteiger partial charge in [-0.3, -0.25) is 4.72 Å². The van der Waals surface area contributed by atoms with Crippen molar-refractivity contribution in [2.75, 3.05) is 11.0 Å². The third-order valence-corrected chi connectivity index (χ3v) is 5.28. The number of aryl methyl sites for hydroxylation is 1. The van der Waals surface area contributed by atoms with E-state index in [1.807, 2.05) is 48.0 Å². The summed E-state index contributed by atoms with van der Waals surface area (Å²) >= 11 is 0. The Morgan fingerprint density at radius 1 is 1.19 bits per heavy atom. The molecule has 0 saturated heterocycles. The number of nitrogens with zero attached hydrogens (tertiary/aromatic N) is 1. The fourth-order valence-corrected chi connectivity index (χ4v) is 3.79. The van der Waals surface area contributed by atoms with Crippen LogP contribution in [0.5, 0.6) is 5.88 Å². The summed E-state index contributed by atoms with van der Waals surface area (Å²) in [5.41, 5.74) is 3.41. The molecule has 2 N–H and O–H groups in total. The monoisotopic (exact) mass is 372 g/mol. The van der Waals surface area contributed by atoms with Crippen LogP contribution in [-0.4, -0.2) is 24.3 Å². The van der Waals surface area contributed by atoms with Gasteiger partial charge in [0.15, 0.2) is 5.88 Å². The molecule has 0 bridgehead atoms. The molecule has 1 atom stereocenters. The Morgan fingerprint density at radius 2 is 1.92 bits per heavy atom. The van der Waals surface area contributed by atoms with Gasteiger partial charge in [0.2, 0.25) is 10.0 Å². The third kappa shape index (κ3) is 3.55. The smallest absolute Gasteiger partial charge is 0.229 e. The second-order valence-electron chi connectivity index (χ2n) is 6.83. The molecule has 0 saturated carbocycles. The van der Waals surface area contributed by atoms with E-state index < -0.39 is 10.0 Å². The average molecular weight is 372 g/mol. The molecular weight excluding hydrogens is 348 g/mol. The van der Waals surface area contributed by atoms with Gasteiger partial charge in [0.1, 0.15) is 0 Å². The van der Waals surface area contributed by atoms with Crippen molar-refractivity contribution in [2.45, 2.75) is 33.2 Å². The Hall–Kier alpha value is -2.47. The summed E-state index contributed by atoms with van der Waals surface area (Å²) in [5, 5.41) is 12.4. The van der Waals surface area contributed by atoms with Gasteiger partial charge in [-0.25, -0.2) is 8.42 Å². The Balaban J connectivity index is 2.11. The van der Waals surface area contributed by atoms with Crippen molar-refractivity contribution in [2.24, 2.45) is 0 Å². The lowest BCUT2D eigenvalue weighted by Gasteiger charge is -2.12. The molecule has 138 valence electrons. The number of rotatable bonds is 5. The summed E-state index contributed by atoms with van der Waals surface area (Å²) in [6.45, 7) is 6.15. The molecule has 26 heavy (non-hydrogen) atoms. The summed E-state index contributed by atoms with van der Waals surface area (Å²) in [5.74, 6) is 0.297. The number of nitrogens with one attached hydrogen (secondary N) is 1. The van der Waals surface area contributed by atoms with Crippen LogP contribution in [0.3, 0.4) is 0 Å². The van der Waals surface area contributed by atoms with Crippen LogP contribution >= 0.6 is 0 Å². The molecule has 0 fully saturated rings. The van der Waals surface area contributed by atoms with Crippen molar-refractivity contribution in [1.82, 2.24) is 4.57 Å². The van der Waals surface area contributed by atoms with Crippen molar-refractivity contribution in [1.29, 1.82) is 0 Å². The molecule has 0 aliphatic rings. The number of hydrogen-bond donors (Lipinski definition) is 2. The molecule has 3 aromatic rings. The lowest BCUT2D eigenvalue weighted by Crippen LogP contribution is -2.09. The highest BCUT2D eigenvalue weighted by atomic mass is 32.2. The van der Waals surface area contributed by atoms with Crippen LogP contribution in [0, 0.1) is 6.92 Å². The highest BCUT2D eigenvalue weighted by molar-refractivity contribution is 7.92. The predicted molar refractivity (Wildman–Crippen MR) is 107 cm³/mol. The fraction of sp³-hybridized carbons (Fsp3) is 0.300. The first-order valence-electron chi connectivity index (χ1n) is 8.62. The van der Waals surface area contributed by atoms with Gasteiger partial charge >= 0.3 is 0 Å². The van der Waals surface area contributed by atoms with Crippen molar-refractivity contribution in [3.05, 3.63) is 48.2 Å². The van der Waals surface area contributed by atoms with Crippen molar-refractivity contribution < 1.29 is 13.5 Å². The summed E-state index contributed by atoms with van der Waals surface area (Å²) < 4.78 is 27.3. The van der Waals surface area contributed by atoms with Crippen LogP contribution in [0.2, 0.25) is 0 Å². The van der Waals surface area contributed by atoms with Gasteiger partial charge in [-0.2, -0.15) is 0 Å². The minimum atomic E-state index is -3.32. The lowest BCUT2D eigenvalue weighted by atomic mass is 9.99. The molecular formula is C20H24N2O3S. The Kier molecular flexibility index (Phi) is 4.71. The third-order valence-electron chi connectivity index (χ3n) is 4.68. The van der Waals surface area contributed by atoms with E-state index in [0.717, 1.165) is 40.1 Å². The standard InChI is InChI=1S/C20H24N2O3S/c1-5-14(3)22-12-17-10-16(9-13(2)19(17)20(22)23)15-7-6-8-18(11-15)21-26(4,24)25/h6-12,14,21,23H,5H2,1-4H3. The molecule has 1 heterocycles. The molecule has 0 spiro atoms. The highest BCUT2D eigenvalue weighted by Gasteiger charge is 2.15. The van der Waals surface area contributed by atoms with Gasteiger partial charge in [0.25, 0.3) is 0 Å². The first kappa shape index (κ1) is 18.3. The molecule has 0 aliphatic carbocycles. The Bertz CT molecular complexity index is 1070. The zero-order valence-corrected chi connectivity index (χ0v) is 16.3. The van der Waals surface area contributed by atoms with E-state index in [0.29, 0.717) is 11.6 Å². The average Bonchev–Trinajstić information content (AvgIpc) is 2.90. The molecule has 6 heteroatoms. The maximum absolute atomic E-state index is 11.5. The first-order valence-corrected chi connectivity index (χ1v) is 10.5. The molecule has 5 nitrogen and oxygen atoms in total. The molecule has 2 aromatic carbocycles. The SMILES string of the molecule is CCC(C)n1cc2cc(-c3cccc(NS(C)(=O)=O)c3)cc(C)c2c1O. The van der Waals surface area contributed by atoms with Gasteiger partial charge in [0.05, 0.1) is 6.26 Å². The normalized spacial score (nSPS) is 13.1. The number of hydrogen-bond acceptors (Lipinski definition) is 3. The summed E-state index contributed by atoms with van der Waals surface area (Å²) in [4.78, 5) is 0. The van der Waals surface area contributed by atoms with E-state index in [2.05, 4.69) is 18.6 Å². The molecule has 0 amide bonds. The van der Waals surface area contributed by atoms with Gasteiger partial charge in [0, 0.05) is 28.7 Å². The van der Waals surface area contributed by atoms with E-state index in [-0.39, 0.29) is 6.04 Å². The van der Waals surface area contributed by atoms with Crippen LogP contribution in [-0.2, 0) is 10.0 Å². The number of sulfonamides is 1. The largest absolute Gasteiger partial charge is 0.494 e. The van der Waals surface area contributed by atoms with E-state index in [1.165, 1.54) is 0 Å². The number of aromatic nitrogens is 1. The minimum Gasteiger partial charge on any atom is -0.494 e. The fourth-order valence-electron chi connectivity index (χ4n) is 3.24. The molecule has 1 unspecified atom stereocenters. The van der Waals surface area contributed by atoms with Crippen molar-refractivity contribution in [3.63, 3.8) is 0 Å². The van der Waals surface area contributed by atoms with E-state index >= 15 is 0 Å². The van der Waals surface area contributed by atoms with Gasteiger partial charge in [-0.15, -0.1) is 0 Å². The summed E-state index contributed by atoms with van der Waals surface area (Å²) in [6.07, 6.45) is 4.05. The predicted octanol–water partition coefficient (Wildman–Crippen LogP) is 4.66. The Labute approximate surface area is 154 Å². The van der Waals surface area contributed by atoms with Crippen LogP contribution in [0.4, 0.5) is 5.69 Å². The first-order chi connectivity index (χ1) is 12.2. The van der Waals surface area contributed by atoms with Crippen LogP contribution in [0.15, 0.2) is 42.6 Å². The lowest BCUT2D eigenvalue weighted by molar-refractivity contribution is 0.391. The summed E-state index contributed by atoms with van der Waals surface area (Å²) in [6, 6.07) is 11.6. The summed E-state index contributed by atoms with van der Waals surface area (Å²) in [7, 11) is -3.32. The maximum atomic E-state index is 11.5. The quantitative estimate of drug-likeness (QED) is 0.684. The second kappa shape index (κ2) is 6.68. The molecule has 0 radical (unpaired) electrons. The Morgan fingerprint density at radius 3 is 2.58 bits per heavy atom. The topological polar surface area (TPSA) is 71.3 Å². The van der Waals surface area contributed by atoms with E-state index in [4.69, 9.17) is 0 Å². The maximum Gasteiger partial charge on any atom is 0.229 e. The van der Waals surface area contributed by atoms with Gasteiger partial charge in [-0.05, 0) is 55.2 Å². The number of anilines is 1. The molecule has 1 aromatic heterocycles. The van der Waals surface area contributed by atoms with Gasteiger partial charge in [-0.1, -0.05) is 25.1 Å². The van der Waals surface area contributed by atoms with Crippen molar-refractivity contribution in [3.8, 4) is 17.0 Å². The minimum absolute atomic E-state index is 0.215. The zero-order chi connectivity index (χ0) is 19.1.